The van der Waals surface area contributed by atoms with Crippen LogP contribution in [0.15, 0.2) is 0 Å². The summed E-state index contributed by atoms with van der Waals surface area (Å²) in [4.78, 5) is 14.9. The number of nitrogens with zero attached hydrogens (tertiary/aromatic N) is 3. The normalized spacial score (nSPS) is 26.6. The number of aryl methyl sites for hydroxylation is 1. The SMILES string of the molecule is CC1CCCC(C)N1C(=O)c1nn(C)c2c1CCC2. The minimum atomic E-state index is 0.151. The van der Waals surface area contributed by atoms with Gasteiger partial charge in [-0.2, -0.15) is 5.10 Å². The lowest BCUT2D eigenvalue weighted by Gasteiger charge is -2.38. The summed E-state index contributed by atoms with van der Waals surface area (Å²) in [6, 6.07) is 0.686. The summed E-state index contributed by atoms with van der Waals surface area (Å²) >= 11 is 0. The summed E-state index contributed by atoms with van der Waals surface area (Å²) in [7, 11) is 1.96. The van der Waals surface area contributed by atoms with E-state index in [1.54, 1.807) is 0 Å². The molecule has 1 aliphatic heterocycles. The molecule has 1 aromatic heterocycles. The molecule has 19 heavy (non-hydrogen) atoms. The molecular weight excluding hydrogens is 238 g/mol. The Morgan fingerprint density at radius 2 is 1.84 bits per heavy atom. The number of likely N-dealkylation sites (tertiary alicyclic amines) is 1. The zero-order valence-corrected chi connectivity index (χ0v) is 12.1. The number of fused-ring (bicyclic) bond motifs is 1. The van der Waals surface area contributed by atoms with Gasteiger partial charge in [0.15, 0.2) is 5.69 Å². The van der Waals surface area contributed by atoms with Crippen LogP contribution in [0.2, 0.25) is 0 Å². The molecule has 3 rings (SSSR count). The van der Waals surface area contributed by atoms with E-state index in [9.17, 15) is 4.79 Å². The number of amides is 1. The third kappa shape index (κ3) is 1.97. The first-order valence-corrected chi connectivity index (χ1v) is 7.47. The Morgan fingerprint density at radius 3 is 2.53 bits per heavy atom. The van der Waals surface area contributed by atoms with Gasteiger partial charge in [-0.05, 0) is 52.4 Å². The van der Waals surface area contributed by atoms with Crippen molar-refractivity contribution in [2.24, 2.45) is 7.05 Å². The van der Waals surface area contributed by atoms with Gasteiger partial charge in [-0.25, -0.2) is 0 Å². The number of carbonyl (C=O) groups is 1. The molecule has 4 nitrogen and oxygen atoms in total. The second kappa shape index (κ2) is 4.66. The lowest BCUT2D eigenvalue weighted by molar-refractivity contribution is 0.0502. The van der Waals surface area contributed by atoms with Crippen molar-refractivity contribution in [3.05, 3.63) is 17.0 Å². The quantitative estimate of drug-likeness (QED) is 0.778. The largest absolute Gasteiger partial charge is 0.332 e. The van der Waals surface area contributed by atoms with E-state index in [4.69, 9.17) is 0 Å². The fraction of sp³-hybridized carbons (Fsp3) is 0.733. The first-order valence-electron chi connectivity index (χ1n) is 7.47. The molecule has 2 heterocycles. The minimum Gasteiger partial charge on any atom is -0.332 e. The second-order valence-electron chi connectivity index (χ2n) is 6.09. The maximum Gasteiger partial charge on any atom is 0.275 e. The Bertz CT molecular complexity index is 496. The molecule has 1 saturated heterocycles. The standard InChI is InChI=1S/C15H23N3O/c1-10-6-4-7-11(2)18(10)15(19)14-12-8-5-9-13(12)17(3)16-14/h10-11H,4-9H2,1-3H3. The van der Waals surface area contributed by atoms with Gasteiger partial charge in [-0.1, -0.05) is 0 Å². The molecule has 104 valence electrons. The van der Waals surface area contributed by atoms with Gasteiger partial charge in [-0.3, -0.25) is 9.48 Å². The summed E-state index contributed by atoms with van der Waals surface area (Å²) in [5.74, 6) is 0.151. The Morgan fingerprint density at radius 1 is 1.16 bits per heavy atom. The Labute approximate surface area is 114 Å². The lowest BCUT2D eigenvalue weighted by Crippen LogP contribution is -2.47. The predicted octanol–water partition coefficient (Wildman–Crippen LogP) is 2.31. The first kappa shape index (κ1) is 12.7. The van der Waals surface area contributed by atoms with Crippen LogP contribution in [-0.4, -0.2) is 32.7 Å². The van der Waals surface area contributed by atoms with Crippen LogP contribution in [0.3, 0.4) is 0 Å². The molecule has 0 N–H and O–H groups in total. The van der Waals surface area contributed by atoms with Gasteiger partial charge < -0.3 is 4.90 Å². The molecule has 0 saturated carbocycles. The third-order valence-corrected chi connectivity index (χ3v) is 4.75. The highest BCUT2D eigenvalue weighted by molar-refractivity contribution is 5.94. The monoisotopic (exact) mass is 261 g/mol. The van der Waals surface area contributed by atoms with Crippen molar-refractivity contribution in [1.29, 1.82) is 0 Å². The summed E-state index contributed by atoms with van der Waals surface area (Å²) in [6.07, 6.45) is 6.70. The molecule has 0 spiro atoms. The van der Waals surface area contributed by atoms with Crippen molar-refractivity contribution in [3.8, 4) is 0 Å². The van der Waals surface area contributed by atoms with Gasteiger partial charge >= 0.3 is 0 Å². The Hall–Kier alpha value is -1.32. The van der Waals surface area contributed by atoms with Crippen LogP contribution >= 0.6 is 0 Å². The number of hydrogen-bond donors (Lipinski definition) is 0. The van der Waals surface area contributed by atoms with Crippen LogP contribution in [0.4, 0.5) is 0 Å². The number of carbonyl (C=O) groups excluding carboxylic acids is 1. The van der Waals surface area contributed by atoms with Gasteiger partial charge in [0, 0.05) is 30.4 Å². The second-order valence-corrected chi connectivity index (χ2v) is 6.09. The summed E-state index contributed by atoms with van der Waals surface area (Å²) in [5.41, 5.74) is 3.19. The topological polar surface area (TPSA) is 38.1 Å². The van der Waals surface area contributed by atoms with Crippen molar-refractivity contribution >= 4 is 5.91 Å². The molecule has 2 atom stereocenters. The fourth-order valence-electron chi connectivity index (χ4n) is 3.73. The molecular formula is C15H23N3O. The van der Waals surface area contributed by atoms with Gasteiger partial charge in [-0.15, -0.1) is 0 Å². The van der Waals surface area contributed by atoms with E-state index in [0.717, 1.165) is 37.8 Å². The minimum absolute atomic E-state index is 0.151. The molecule has 0 radical (unpaired) electrons. The van der Waals surface area contributed by atoms with Gasteiger partial charge in [0.2, 0.25) is 0 Å². The van der Waals surface area contributed by atoms with Crippen molar-refractivity contribution < 1.29 is 4.79 Å². The molecule has 1 aromatic rings. The maximum atomic E-state index is 12.8. The van der Waals surface area contributed by atoms with Crippen molar-refractivity contribution in [3.63, 3.8) is 0 Å². The molecule has 1 amide bonds. The number of hydrogen-bond acceptors (Lipinski definition) is 2. The third-order valence-electron chi connectivity index (χ3n) is 4.75. The molecule has 0 aromatic carbocycles. The zero-order chi connectivity index (χ0) is 13.6. The van der Waals surface area contributed by atoms with E-state index in [1.165, 1.54) is 17.7 Å². The summed E-state index contributed by atoms with van der Waals surface area (Å²) in [6.45, 7) is 4.33. The molecule has 2 unspecified atom stereocenters. The van der Waals surface area contributed by atoms with Crippen LogP contribution in [0.25, 0.3) is 0 Å². The van der Waals surface area contributed by atoms with E-state index >= 15 is 0 Å². The molecule has 2 aliphatic rings. The van der Waals surface area contributed by atoms with Crippen LogP contribution in [-0.2, 0) is 19.9 Å². The summed E-state index contributed by atoms with van der Waals surface area (Å²) < 4.78 is 1.91. The van der Waals surface area contributed by atoms with Crippen molar-refractivity contribution in [1.82, 2.24) is 14.7 Å². The fourth-order valence-corrected chi connectivity index (χ4v) is 3.73. The van der Waals surface area contributed by atoms with E-state index in [1.807, 2.05) is 11.7 Å². The van der Waals surface area contributed by atoms with Crippen LogP contribution in [0.5, 0.6) is 0 Å². The van der Waals surface area contributed by atoms with Crippen molar-refractivity contribution in [2.45, 2.75) is 64.5 Å². The molecule has 1 fully saturated rings. The molecule has 4 heteroatoms. The van der Waals surface area contributed by atoms with Crippen LogP contribution < -0.4 is 0 Å². The Kier molecular flexibility index (Phi) is 3.11. The lowest BCUT2D eigenvalue weighted by atomic mass is 9.96. The van der Waals surface area contributed by atoms with E-state index < -0.39 is 0 Å². The highest BCUT2D eigenvalue weighted by Gasteiger charge is 2.34. The average Bonchev–Trinajstić information content (AvgIpc) is 2.93. The smallest absolute Gasteiger partial charge is 0.275 e. The van der Waals surface area contributed by atoms with Crippen molar-refractivity contribution in [2.75, 3.05) is 0 Å². The average molecular weight is 261 g/mol. The van der Waals surface area contributed by atoms with E-state index in [-0.39, 0.29) is 5.91 Å². The number of piperidine rings is 1. The summed E-state index contributed by atoms with van der Waals surface area (Å²) in [5, 5.41) is 4.50. The van der Waals surface area contributed by atoms with Crippen LogP contribution in [0.1, 0.15) is 61.3 Å². The molecule has 1 aliphatic carbocycles. The number of rotatable bonds is 1. The Balaban J connectivity index is 1.93. The van der Waals surface area contributed by atoms with Gasteiger partial charge in [0.1, 0.15) is 0 Å². The highest BCUT2D eigenvalue weighted by atomic mass is 16.2. The first-order chi connectivity index (χ1) is 9.09. The highest BCUT2D eigenvalue weighted by Crippen LogP contribution is 2.29. The van der Waals surface area contributed by atoms with E-state index in [0.29, 0.717) is 12.1 Å². The van der Waals surface area contributed by atoms with Crippen LogP contribution in [0, 0.1) is 0 Å². The van der Waals surface area contributed by atoms with Gasteiger partial charge in [0.25, 0.3) is 5.91 Å². The molecule has 0 bridgehead atoms. The zero-order valence-electron chi connectivity index (χ0n) is 12.1. The van der Waals surface area contributed by atoms with E-state index in [2.05, 4.69) is 23.8 Å². The number of aromatic nitrogens is 2. The predicted molar refractivity (Wildman–Crippen MR) is 74.2 cm³/mol. The van der Waals surface area contributed by atoms with Gasteiger partial charge in [0.05, 0.1) is 0 Å². The maximum absolute atomic E-state index is 12.8.